The third kappa shape index (κ3) is 8.01. The number of carbonyl (C=O) groups excluding carboxylic acids is 2. The van der Waals surface area contributed by atoms with Gasteiger partial charge in [-0.3, -0.25) is 4.79 Å². The van der Waals surface area contributed by atoms with E-state index in [1.165, 1.54) is 0 Å². The summed E-state index contributed by atoms with van der Waals surface area (Å²) in [7, 11) is 0. The number of urea groups is 1. The van der Waals surface area contributed by atoms with E-state index in [1.807, 2.05) is 20.8 Å². The maximum Gasteiger partial charge on any atom is 0.326 e. The number of carboxylic acid groups (broad SMARTS) is 1. The average Bonchev–Trinajstić information content (AvgIpc) is 2.22. The number of aliphatic carboxylic acids is 1. The zero-order chi connectivity index (χ0) is 15.1. The molecule has 0 unspecified atom stereocenters. The number of amides is 3. The predicted octanol–water partition coefficient (Wildman–Crippen LogP) is 0.583. The second kappa shape index (κ2) is 7.60. The lowest BCUT2D eigenvalue weighted by Gasteiger charge is -2.27. The summed E-state index contributed by atoms with van der Waals surface area (Å²) in [6, 6.07) is -1.68. The molecule has 3 amide bonds. The lowest BCUT2D eigenvalue weighted by atomic mass is 9.99. The van der Waals surface area contributed by atoms with Gasteiger partial charge in [0, 0.05) is 12.0 Å². The molecule has 0 saturated carbocycles. The molecule has 0 rings (SSSR count). The maximum absolute atomic E-state index is 11.7. The molecule has 0 aliphatic rings. The normalized spacial score (nSPS) is 12.6. The topological polar surface area (TPSA) is 122 Å². The van der Waals surface area contributed by atoms with Crippen molar-refractivity contribution in [1.29, 1.82) is 0 Å². The largest absolute Gasteiger partial charge is 0.480 e. The van der Waals surface area contributed by atoms with E-state index in [-0.39, 0.29) is 12.8 Å². The lowest BCUT2D eigenvalue weighted by Crippen LogP contribution is -2.52. The number of carbonyl (C=O) groups is 3. The molecule has 7 nitrogen and oxygen atoms in total. The fourth-order valence-corrected chi connectivity index (χ4v) is 1.73. The molecular formula is C12H23N3O4. The summed E-state index contributed by atoms with van der Waals surface area (Å²) >= 11 is 0. The molecular weight excluding hydrogens is 250 g/mol. The summed E-state index contributed by atoms with van der Waals surface area (Å²) in [5.41, 5.74) is 4.54. The molecule has 110 valence electrons. The van der Waals surface area contributed by atoms with E-state index in [0.717, 1.165) is 12.8 Å². The van der Waals surface area contributed by atoms with E-state index in [1.54, 1.807) is 0 Å². The van der Waals surface area contributed by atoms with Crippen molar-refractivity contribution in [2.24, 2.45) is 5.73 Å². The maximum atomic E-state index is 11.7. The molecule has 1 atom stereocenters. The van der Waals surface area contributed by atoms with Gasteiger partial charge >= 0.3 is 12.0 Å². The fourth-order valence-electron chi connectivity index (χ4n) is 1.73. The van der Waals surface area contributed by atoms with Gasteiger partial charge in [0.05, 0.1) is 0 Å². The van der Waals surface area contributed by atoms with Gasteiger partial charge in [0.25, 0.3) is 0 Å². The van der Waals surface area contributed by atoms with E-state index in [9.17, 15) is 14.4 Å². The summed E-state index contributed by atoms with van der Waals surface area (Å²) in [5.74, 6) is -1.79. The summed E-state index contributed by atoms with van der Waals surface area (Å²) in [5, 5.41) is 14.0. The highest BCUT2D eigenvalue weighted by atomic mass is 16.4. The van der Waals surface area contributed by atoms with E-state index < -0.39 is 29.5 Å². The summed E-state index contributed by atoms with van der Waals surface area (Å²) in [6.45, 7) is 5.71. The second-order valence-corrected chi connectivity index (χ2v) is 5.13. The minimum absolute atomic E-state index is 0.0215. The van der Waals surface area contributed by atoms with Gasteiger partial charge in [0.2, 0.25) is 5.91 Å². The Kier molecular flexibility index (Phi) is 6.89. The number of carboxylic acids is 1. The van der Waals surface area contributed by atoms with Crippen molar-refractivity contribution < 1.29 is 19.5 Å². The summed E-state index contributed by atoms with van der Waals surface area (Å²) in [4.78, 5) is 33.3. The van der Waals surface area contributed by atoms with Crippen molar-refractivity contribution in [2.75, 3.05) is 0 Å². The number of nitrogens with two attached hydrogens (primary N) is 1. The van der Waals surface area contributed by atoms with Gasteiger partial charge in [0.1, 0.15) is 6.04 Å². The second-order valence-electron chi connectivity index (χ2n) is 5.13. The van der Waals surface area contributed by atoms with Crippen LogP contribution in [0.15, 0.2) is 0 Å². The van der Waals surface area contributed by atoms with Crippen LogP contribution in [0.1, 0.15) is 46.5 Å². The first kappa shape index (κ1) is 17.2. The van der Waals surface area contributed by atoms with Gasteiger partial charge < -0.3 is 21.5 Å². The van der Waals surface area contributed by atoms with Crippen LogP contribution in [0.3, 0.4) is 0 Å². The molecule has 0 aliphatic carbocycles. The van der Waals surface area contributed by atoms with Gasteiger partial charge in [-0.2, -0.15) is 0 Å². The molecule has 0 aromatic rings. The third-order valence-corrected chi connectivity index (χ3v) is 2.61. The predicted molar refractivity (Wildman–Crippen MR) is 70.5 cm³/mol. The number of primary amides is 1. The van der Waals surface area contributed by atoms with Gasteiger partial charge in [-0.25, -0.2) is 9.59 Å². The van der Waals surface area contributed by atoms with Crippen LogP contribution in [-0.2, 0) is 9.59 Å². The highest BCUT2D eigenvalue weighted by molar-refractivity contribution is 5.83. The van der Waals surface area contributed by atoms with Crippen molar-refractivity contribution >= 4 is 17.9 Å². The minimum Gasteiger partial charge on any atom is -0.480 e. The molecule has 0 aliphatic heterocycles. The first-order valence-corrected chi connectivity index (χ1v) is 6.27. The van der Waals surface area contributed by atoms with Gasteiger partial charge in [-0.05, 0) is 26.7 Å². The van der Waals surface area contributed by atoms with Crippen LogP contribution in [-0.4, -0.2) is 34.6 Å². The first-order chi connectivity index (χ1) is 8.68. The van der Waals surface area contributed by atoms with E-state index >= 15 is 0 Å². The number of hydrogen-bond donors (Lipinski definition) is 4. The van der Waals surface area contributed by atoms with E-state index in [4.69, 9.17) is 10.8 Å². The number of hydrogen-bond acceptors (Lipinski definition) is 3. The van der Waals surface area contributed by atoms with E-state index in [2.05, 4.69) is 10.6 Å². The Morgan fingerprint density at radius 1 is 1.32 bits per heavy atom. The van der Waals surface area contributed by atoms with Crippen LogP contribution in [0.5, 0.6) is 0 Å². The average molecular weight is 273 g/mol. The molecule has 0 spiro atoms. The third-order valence-electron chi connectivity index (χ3n) is 2.61. The smallest absolute Gasteiger partial charge is 0.326 e. The fraction of sp³-hybridized carbons (Fsp3) is 0.750. The SMILES string of the molecule is CCCC(C)(C)NC(=O)N[C@@H](CCC(N)=O)C(=O)O. The Morgan fingerprint density at radius 3 is 2.32 bits per heavy atom. The Hall–Kier alpha value is -1.79. The van der Waals surface area contributed by atoms with Crippen molar-refractivity contribution in [2.45, 2.75) is 58.0 Å². The van der Waals surface area contributed by atoms with Crippen molar-refractivity contribution in [1.82, 2.24) is 10.6 Å². The zero-order valence-electron chi connectivity index (χ0n) is 11.7. The van der Waals surface area contributed by atoms with E-state index in [0.29, 0.717) is 0 Å². The monoisotopic (exact) mass is 273 g/mol. The highest BCUT2D eigenvalue weighted by Gasteiger charge is 2.24. The summed E-state index contributed by atoms with van der Waals surface area (Å²) < 4.78 is 0. The highest BCUT2D eigenvalue weighted by Crippen LogP contribution is 2.10. The van der Waals surface area contributed by atoms with Gasteiger partial charge in [0.15, 0.2) is 0 Å². The van der Waals surface area contributed by atoms with Crippen LogP contribution >= 0.6 is 0 Å². The summed E-state index contributed by atoms with van der Waals surface area (Å²) in [6.07, 6.45) is 1.57. The van der Waals surface area contributed by atoms with Crippen LogP contribution in [0.2, 0.25) is 0 Å². The quantitative estimate of drug-likeness (QED) is 0.516. The Morgan fingerprint density at radius 2 is 1.89 bits per heavy atom. The van der Waals surface area contributed by atoms with Gasteiger partial charge in [-0.1, -0.05) is 13.3 Å². The van der Waals surface area contributed by atoms with Crippen LogP contribution in [0.25, 0.3) is 0 Å². The molecule has 0 fully saturated rings. The first-order valence-electron chi connectivity index (χ1n) is 6.27. The molecule has 0 heterocycles. The minimum atomic E-state index is -1.19. The molecule has 0 aromatic carbocycles. The van der Waals surface area contributed by atoms with Crippen LogP contribution < -0.4 is 16.4 Å². The molecule has 7 heteroatoms. The molecule has 19 heavy (non-hydrogen) atoms. The lowest BCUT2D eigenvalue weighted by molar-refractivity contribution is -0.139. The zero-order valence-corrected chi connectivity index (χ0v) is 11.7. The Balaban J connectivity index is 4.39. The van der Waals surface area contributed by atoms with Crippen molar-refractivity contribution in [3.05, 3.63) is 0 Å². The van der Waals surface area contributed by atoms with Crippen molar-refractivity contribution in [3.63, 3.8) is 0 Å². The van der Waals surface area contributed by atoms with Crippen LogP contribution in [0, 0.1) is 0 Å². The van der Waals surface area contributed by atoms with Crippen LogP contribution in [0.4, 0.5) is 4.79 Å². The standard InChI is InChI=1S/C12H23N3O4/c1-4-7-12(2,3)15-11(19)14-8(10(17)18)5-6-9(13)16/h8H,4-7H2,1-3H3,(H2,13,16)(H,17,18)(H2,14,15,19)/t8-/m0/s1. The Labute approximate surface area is 112 Å². The molecule has 0 saturated heterocycles. The molecule has 0 radical (unpaired) electrons. The van der Waals surface area contributed by atoms with Crippen molar-refractivity contribution in [3.8, 4) is 0 Å². The Bertz CT molecular complexity index is 342. The van der Waals surface area contributed by atoms with Gasteiger partial charge in [-0.15, -0.1) is 0 Å². The molecule has 0 bridgehead atoms. The molecule has 5 N–H and O–H groups in total. The number of rotatable bonds is 8. The molecule has 0 aromatic heterocycles. The number of nitrogens with one attached hydrogen (secondary N) is 2.